The first kappa shape index (κ1) is 16.4. The minimum absolute atomic E-state index is 0.0759. The zero-order chi connectivity index (χ0) is 14.8. The van der Waals surface area contributed by atoms with E-state index in [0.717, 1.165) is 19.3 Å². The van der Waals surface area contributed by atoms with Crippen LogP contribution >= 0.6 is 0 Å². The van der Waals surface area contributed by atoms with E-state index in [4.69, 9.17) is 0 Å². The van der Waals surface area contributed by atoms with Crippen LogP contribution in [0.5, 0.6) is 0 Å². The molecule has 1 heterocycles. The minimum atomic E-state index is -3.36. The molecule has 0 bridgehead atoms. The van der Waals surface area contributed by atoms with Crippen LogP contribution < -0.4 is 4.72 Å². The molecule has 7 heteroatoms. The van der Waals surface area contributed by atoms with Crippen molar-refractivity contribution in [2.75, 3.05) is 32.4 Å². The largest absolute Gasteiger partial charge is 0.338 e. The van der Waals surface area contributed by atoms with E-state index in [1.54, 1.807) is 11.8 Å². The number of hydrogen-bond acceptors (Lipinski definition) is 4. The third-order valence-corrected chi connectivity index (χ3v) is 4.31. The van der Waals surface area contributed by atoms with Crippen molar-refractivity contribution >= 4 is 15.9 Å². The molecule has 0 aliphatic carbocycles. The van der Waals surface area contributed by atoms with Crippen LogP contribution in [0.1, 0.15) is 27.7 Å². The Kier molecular flexibility index (Phi) is 4.97. The summed E-state index contributed by atoms with van der Waals surface area (Å²) in [5, 5.41) is 0. The van der Waals surface area contributed by atoms with Crippen LogP contribution in [0.15, 0.2) is 0 Å². The molecule has 6 nitrogen and oxygen atoms in total. The summed E-state index contributed by atoms with van der Waals surface area (Å²) in [5.41, 5.74) is -0.0759. The molecule has 1 atom stereocenters. The number of hydrogen-bond donors (Lipinski definition) is 1. The molecule has 0 aromatic heterocycles. The standard InChI is InChI=1S/C12H25N3O3S/c1-6-15-8-7-14(9-12(15,3)4)11(16)10(2)13-19(5,17)18/h10,13H,6-9H2,1-5H3/t10-/m0/s1. The smallest absolute Gasteiger partial charge is 0.240 e. The van der Waals surface area contributed by atoms with Crippen LogP contribution in [0, 0.1) is 0 Å². The lowest BCUT2D eigenvalue weighted by Crippen LogP contribution is -2.62. The predicted molar refractivity (Wildman–Crippen MR) is 75.3 cm³/mol. The molecule has 1 aliphatic rings. The van der Waals surface area contributed by atoms with Gasteiger partial charge in [0.2, 0.25) is 15.9 Å². The van der Waals surface area contributed by atoms with Crippen molar-refractivity contribution in [1.29, 1.82) is 0 Å². The van der Waals surface area contributed by atoms with Gasteiger partial charge in [-0.1, -0.05) is 6.92 Å². The number of nitrogens with one attached hydrogen (secondary N) is 1. The van der Waals surface area contributed by atoms with Crippen molar-refractivity contribution in [2.45, 2.75) is 39.3 Å². The third kappa shape index (κ3) is 4.43. The van der Waals surface area contributed by atoms with Crippen molar-refractivity contribution in [3.8, 4) is 0 Å². The van der Waals surface area contributed by atoms with Crippen molar-refractivity contribution < 1.29 is 13.2 Å². The van der Waals surface area contributed by atoms with Crippen LogP contribution in [0.2, 0.25) is 0 Å². The second kappa shape index (κ2) is 5.76. The lowest BCUT2D eigenvalue weighted by Gasteiger charge is -2.47. The number of amides is 1. The average Bonchev–Trinajstić information content (AvgIpc) is 2.24. The fraction of sp³-hybridized carbons (Fsp3) is 0.917. The first-order chi connectivity index (χ1) is 8.57. The van der Waals surface area contributed by atoms with Crippen LogP contribution in [0.3, 0.4) is 0 Å². The van der Waals surface area contributed by atoms with E-state index in [1.165, 1.54) is 0 Å². The third-order valence-electron chi connectivity index (χ3n) is 3.53. The molecule has 19 heavy (non-hydrogen) atoms. The average molecular weight is 291 g/mol. The number of piperazine rings is 1. The molecule has 0 unspecified atom stereocenters. The van der Waals surface area contributed by atoms with Gasteiger partial charge in [-0.05, 0) is 27.3 Å². The lowest BCUT2D eigenvalue weighted by molar-refractivity contribution is -0.137. The van der Waals surface area contributed by atoms with Crippen molar-refractivity contribution in [1.82, 2.24) is 14.5 Å². The van der Waals surface area contributed by atoms with Crippen LogP contribution in [0.4, 0.5) is 0 Å². The van der Waals surface area contributed by atoms with Gasteiger partial charge in [-0.2, -0.15) is 0 Å². The highest BCUT2D eigenvalue weighted by molar-refractivity contribution is 7.88. The normalized spacial score (nSPS) is 22.3. The molecule has 1 saturated heterocycles. The summed E-state index contributed by atoms with van der Waals surface area (Å²) in [6.45, 7) is 10.9. The maximum Gasteiger partial charge on any atom is 0.240 e. The second-order valence-electron chi connectivity index (χ2n) is 5.76. The Bertz CT molecular complexity index is 434. The molecule has 1 rings (SSSR count). The highest BCUT2D eigenvalue weighted by Gasteiger charge is 2.36. The molecular formula is C12H25N3O3S. The summed E-state index contributed by atoms with van der Waals surface area (Å²) in [6, 6.07) is -0.709. The van der Waals surface area contributed by atoms with Gasteiger partial charge in [-0.25, -0.2) is 13.1 Å². The zero-order valence-corrected chi connectivity index (χ0v) is 13.2. The minimum Gasteiger partial charge on any atom is -0.338 e. The van der Waals surface area contributed by atoms with E-state index in [9.17, 15) is 13.2 Å². The Balaban J connectivity index is 2.70. The molecule has 0 spiro atoms. The number of nitrogens with zero attached hydrogens (tertiary/aromatic N) is 2. The number of carbonyl (C=O) groups excluding carboxylic acids is 1. The van der Waals surface area contributed by atoms with Gasteiger partial charge in [0, 0.05) is 25.2 Å². The van der Waals surface area contributed by atoms with Gasteiger partial charge in [0.05, 0.1) is 12.3 Å². The quantitative estimate of drug-likeness (QED) is 0.783. The number of sulfonamides is 1. The molecule has 1 N–H and O–H groups in total. The summed E-state index contributed by atoms with van der Waals surface area (Å²) < 4.78 is 24.7. The fourth-order valence-corrected chi connectivity index (χ4v) is 3.35. The van der Waals surface area contributed by atoms with Gasteiger partial charge < -0.3 is 4.90 Å². The Morgan fingerprint density at radius 3 is 2.37 bits per heavy atom. The van der Waals surface area contributed by atoms with Gasteiger partial charge >= 0.3 is 0 Å². The van der Waals surface area contributed by atoms with E-state index < -0.39 is 16.1 Å². The summed E-state index contributed by atoms with van der Waals surface area (Å²) in [6.07, 6.45) is 1.07. The van der Waals surface area contributed by atoms with Crippen molar-refractivity contribution in [2.24, 2.45) is 0 Å². The first-order valence-corrected chi connectivity index (χ1v) is 8.47. The Morgan fingerprint density at radius 2 is 1.95 bits per heavy atom. The Morgan fingerprint density at radius 1 is 1.37 bits per heavy atom. The maximum atomic E-state index is 12.2. The van der Waals surface area contributed by atoms with Gasteiger partial charge in [-0.15, -0.1) is 0 Å². The molecular weight excluding hydrogens is 266 g/mol. The van der Waals surface area contributed by atoms with Crippen molar-refractivity contribution in [3.05, 3.63) is 0 Å². The zero-order valence-electron chi connectivity index (χ0n) is 12.4. The van der Waals surface area contributed by atoms with E-state index >= 15 is 0 Å². The molecule has 0 saturated carbocycles. The molecule has 1 aliphatic heterocycles. The number of rotatable bonds is 4. The monoisotopic (exact) mass is 291 g/mol. The molecule has 1 fully saturated rings. The maximum absolute atomic E-state index is 12.2. The number of carbonyl (C=O) groups is 1. The Labute approximate surface area is 116 Å². The molecule has 0 aromatic carbocycles. The molecule has 0 aromatic rings. The summed E-state index contributed by atoms with van der Waals surface area (Å²) in [7, 11) is -3.36. The van der Waals surface area contributed by atoms with E-state index in [-0.39, 0.29) is 11.4 Å². The molecule has 0 radical (unpaired) electrons. The van der Waals surface area contributed by atoms with Crippen LogP contribution in [-0.2, 0) is 14.8 Å². The highest BCUT2D eigenvalue weighted by atomic mass is 32.2. The second-order valence-corrected chi connectivity index (χ2v) is 7.54. The SMILES string of the molecule is CCN1CCN(C(=O)[C@H](C)NS(C)(=O)=O)CC1(C)C. The Hall–Kier alpha value is -0.660. The fourth-order valence-electron chi connectivity index (χ4n) is 2.61. The topological polar surface area (TPSA) is 69.7 Å². The summed E-state index contributed by atoms with van der Waals surface area (Å²) in [5.74, 6) is -0.158. The van der Waals surface area contributed by atoms with Gasteiger partial charge in [0.25, 0.3) is 0 Å². The number of likely N-dealkylation sites (N-methyl/N-ethyl adjacent to an activating group) is 1. The van der Waals surface area contributed by atoms with Gasteiger partial charge in [-0.3, -0.25) is 9.69 Å². The highest BCUT2D eigenvalue weighted by Crippen LogP contribution is 2.20. The lowest BCUT2D eigenvalue weighted by atomic mass is 9.98. The van der Waals surface area contributed by atoms with Gasteiger partial charge in [0.1, 0.15) is 0 Å². The van der Waals surface area contributed by atoms with Gasteiger partial charge in [0.15, 0.2) is 0 Å². The summed E-state index contributed by atoms with van der Waals surface area (Å²) >= 11 is 0. The molecule has 1 amide bonds. The van der Waals surface area contributed by atoms with Crippen LogP contribution in [0.25, 0.3) is 0 Å². The van der Waals surface area contributed by atoms with Crippen molar-refractivity contribution in [3.63, 3.8) is 0 Å². The summed E-state index contributed by atoms with van der Waals surface area (Å²) in [4.78, 5) is 16.3. The van der Waals surface area contributed by atoms with E-state index in [1.807, 2.05) is 0 Å². The predicted octanol–water partition coefficient (Wildman–Crippen LogP) is -0.133. The molecule has 112 valence electrons. The van der Waals surface area contributed by atoms with Crippen LogP contribution in [-0.4, -0.2) is 68.1 Å². The van der Waals surface area contributed by atoms with E-state index in [0.29, 0.717) is 13.1 Å². The van der Waals surface area contributed by atoms with E-state index in [2.05, 4.69) is 30.4 Å². The first-order valence-electron chi connectivity index (χ1n) is 6.58.